The molecule has 1 aliphatic rings. The van der Waals surface area contributed by atoms with Crippen LogP contribution in [0.2, 0.25) is 0 Å². The van der Waals surface area contributed by atoms with Crippen LogP contribution in [0.1, 0.15) is 63.5 Å². The van der Waals surface area contributed by atoms with Crippen LogP contribution in [0, 0.1) is 17.2 Å². The molecule has 2 atom stereocenters. The van der Waals surface area contributed by atoms with Crippen molar-refractivity contribution in [1.82, 2.24) is 10.2 Å². The summed E-state index contributed by atoms with van der Waals surface area (Å²) in [6, 6.07) is 19.7. The first-order chi connectivity index (χ1) is 16.9. The molecule has 0 saturated carbocycles. The third kappa shape index (κ3) is 6.42. The van der Waals surface area contributed by atoms with Crippen molar-refractivity contribution in [3.05, 3.63) is 65.7 Å². The molecule has 6 heteroatoms. The normalized spacial score (nSPS) is 17.0. The van der Waals surface area contributed by atoms with E-state index in [1.807, 2.05) is 54.6 Å². The van der Waals surface area contributed by atoms with Crippen molar-refractivity contribution in [2.24, 2.45) is 5.92 Å². The predicted molar refractivity (Wildman–Crippen MR) is 137 cm³/mol. The minimum absolute atomic E-state index is 0.0239. The average Bonchev–Trinajstić information content (AvgIpc) is 3.38. The summed E-state index contributed by atoms with van der Waals surface area (Å²) in [7, 11) is 1.62. The maximum atomic E-state index is 13.0. The molecule has 186 valence electrons. The third-order valence-electron chi connectivity index (χ3n) is 7.16. The van der Waals surface area contributed by atoms with E-state index in [9.17, 15) is 14.9 Å². The molecule has 3 rings (SSSR count). The monoisotopic (exact) mass is 475 g/mol. The lowest BCUT2D eigenvalue weighted by molar-refractivity contribution is -0.138. The number of ether oxygens (including phenoxy) is 1. The molecule has 2 aromatic carbocycles. The number of amides is 2. The molecular formula is C29H37N3O3. The summed E-state index contributed by atoms with van der Waals surface area (Å²) in [6.45, 7) is 5.19. The van der Waals surface area contributed by atoms with Gasteiger partial charge in [0.05, 0.1) is 18.6 Å². The fourth-order valence-electron chi connectivity index (χ4n) is 5.00. The van der Waals surface area contributed by atoms with Crippen LogP contribution in [0.15, 0.2) is 54.6 Å². The van der Waals surface area contributed by atoms with E-state index < -0.39 is 11.5 Å². The highest BCUT2D eigenvalue weighted by Gasteiger charge is 2.36. The topological polar surface area (TPSA) is 82.4 Å². The Balaban J connectivity index is 1.51. The van der Waals surface area contributed by atoms with Crippen LogP contribution in [0.25, 0.3) is 0 Å². The Labute approximate surface area is 209 Å². The molecule has 6 nitrogen and oxygen atoms in total. The van der Waals surface area contributed by atoms with E-state index in [0.29, 0.717) is 38.8 Å². The molecule has 0 aromatic heterocycles. The number of unbranched alkanes of at least 4 members (excludes halogenated alkanes) is 1. The number of methoxy groups -OCH3 is 1. The number of carbonyl (C=O) groups is 2. The van der Waals surface area contributed by atoms with Crippen LogP contribution in [0.4, 0.5) is 0 Å². The van der Waals surface area contributed by atoms with E-state index in [-0.39, 0.29) is 17.7 Å². The van der Waals surface area contributed by atoms with Gasteiger partial charge in [0.15, 0.2) is 0 Å². The Hall–Kier alpha value is -3.33. The van der Waals surface area contributed by atoms with Crippen LogP contribution >= 0.6 is 0 Å². The van der Waals surface area contributed by atoms with Crippen molar-refractivity contribution in [3.8, 4) is 11.8 Å². The van der Waals surface area contributed by atoms with E-state index in [2.05, 4.69) is 25.2 Å². The maximum Gasteiger partial charge on any atom is 0.243 e. The Kier molecular flexibility index (Phi) is 9.31. The number of hydrogen-bond acceptors (Lipinski definition) is 4. The fourth-order valence-corrected chi connectivity index (χ4v) is 5.00. The molecule has 1 N–H and O–H groups in total. The molecule has 2 aromatic rings. The molecule has 1 aliphatic heterocycles. The molecule has 2 amide bonds. The number of nitrogens with one attached hydrogen (secondary N) is 1. The van der Waals surface area contributed by atoms with Gasteiger partial charge in [-0.3, -0.25) is 9.59 Å². The molecule has 0 spiro atoms. The molecule has 0 radical (unpaired) electrons. The maximum absolute atomic E-state index is 13.0. The third-order valence-corrected chi connectivity index (χ3v) is 7.16. The Morgan fingerprint density at radius 1 is 1.17 bits per heavy atom. The average molecular weight is 476 g/mol. The van der Waals surface area contributed by atoms with Crippen molar-refractivity contribution in [1.29, 1.82) is 5.26 Å². The summed E-state index contributed by atoms with van der Waals surface area (Å²) in [5.41, 5.74) is 1.44. The molecule has 35 heavy (non-hydrogen) atoms. The summed E-state index contributed by atoms with van der Waals surface area (Å²) in [5, 5.41) is 13.0. The first-order valence-electron chi connectivity index (χ1n) is 12.6. The minimum atomic E-state index is -0.555. The first-order valence-corrected chi connectivity index (χ1v) is 12.6. The SMILES string of the molecule is COc1cccc(CNC(=O)[C@H]2CCCN2C(=O)CCCCC(C#N)(c2ccccc2)C(C)C)c1. The smallest absolute Gasteiger partial charge is 0.243 e. The van der Waals surface area contributed by atoms with E-state index >= 15 is 0 Å². The number of likely N-dealkylation sites (tertiary alicyclic amines) is 1. The zero-order valence-electron chi connectivity index (χ0n) is 21.1. The van der Waals surface area contributed by atoms with Crippen LogP contribution in [0.5, 0.6) is 5.75 Å². The number of benzene rings is 2. The van der Waals surface area contributed by atoms with Crippen LogP contribution in [-0.2, 0) is 21.5 Å². The molecule has 0 bridgehead atoms. The van der Waals surface area contributed by atoms with Crippen molar-refractivity contribution in [2.45, 2.75) is 70.4 Å². The molecule has 1 fully saturated rings. The van der Waals surface area contributed by atoms with Crippen molar-refractivity contribution >= 4 is 11.8 Å². The summed E-state index contributed by atoms with van der Waals surface area (Å²) in [4.78, 5) is 27.6. The van der Waals surface area contributed by atoms with Gasteiger partial charge in [-0.25, -0.2) is 0 Å². The van der Waals surface area contributed by atoms with Gasteiger partial charge in [-0.2, -0.15) is 5.26 Å². The highest BCUT2D eigenvalue weighted by atomic mass is 16.5. The van der Waals surface area contributed by atoms with Gasteiger partial charge >= 0.3 is 0 Å². The lowest BCUT2D eigenvalue weighted by Crippen LogP contribution is -2.45. The second kappa shape index (κ2) is 12.4. The lowest BCUT2D eigenvalue weighted by Gasteiger charge is -2.31. The number of rotatable bonds is 11. The van der Waals surface area contributed by atoms with Gasteiger partial charge in [0.2, 0.25) is 11.8 Å². The summed E-state index contributed by atoms with van der Waals surface area (Å²) < 4.78 is 5.24. The van der Waals surface area contributed by atoms with Crippen molar-refractivity contribution in [3.63, 3.8) is 0 Å². The van der Waals surface area contributed by atoms with Crippen molar-refractivity contribution in [2.75, 3.05) is 13.7 Å². The largest absolute Gasteiger partial charge is 0.497 e. The van der Waals surface area contributed by atoms with E-state index in [1.165, 1.54) is 0 Å². The zero-order chi connectivity index (χ0) is 25.3. The second-order valence-corrected chi connectivity index (χ2v) is 9.63. The summed E-state index contributed by atoms with van der Waals surface area (Å²) in [6.07, 6.45) is 4.12. The number of carbonyl (C=O) groups excluding carboxylic acids is 2. The molecule has 1 heterocycles. The molecule has 0 aliphatic carbocycles. The predicted octanol–water partition coefficient (Wildman–Crippen LogP) is 4.98. The Morgan fingerprint density at radius 2 is 1.94 bits per heavy atom. The van der Waals surface area contributed by atoms with Gasteiger partial charge in [0.1, 0.15) is 11.8 Å². The van der Waals surface area contributed by atoms with Crippen molar-refractivity contribution < 1.29 is 14.3 Å². The summed E-state index contributed by atoms with van der Waals surface area (Å²) >= 11 is 0. The summed E-state index contributed by atoms with van der Waals surface area (Å²) in [5.74, 6) is 0.836. The van der Waals surface area contributed by atoms with Crippen LogP contribution in [0.3, 0.4) is 0 Å². The second-order valence-electron chi connectivity index (χ2n) is 9.63. The lowest BCUT2D eigenvalue weighted by atomic mass is 9.69. The fraction of sp³-hybridized carbons (Fsp3) is 0.483. The first kappa shape index (κ1) is 26.3. The van der Waals surface area contributed by atoms with Gasteiger partial charge in [0, 0.05) is 19.5 Å². The van der Waals surface area contributed by atoms with E-state index in [0.717, 1.165) is 29.7 Å². The number of hydrogen-bond donors (Lipinski definition) is 1. The van der Waals surface area contributed by atoms with E-state index in [1.54, 1.807) is 12.0 Å². The van der Waals surface area contributed by atoms with Crippen LogP contribution < -0.4 is 10.1 Å². The van der Waals surface area contributed by atoms with E-state index in [4.69, 9.17) is 4.74 Å². The standard InChI is InChI=1S/C29H37N3O3/c1-22(2)29(21-30,24-12-5-4-6-13-24)17-8-7-16-27(33)32-18-10-15-26(32)28(34)31-20-23-11-9-14-25(19-23)35-3/h4-6,9,11-14,19,22,26H,7-8,10,15-18,20H2,1-3H3,(H,31,34)/t26-,29?/m1/s1. The van der Waals surface area contributed by atoms with Gasteiger partial charge < -0.3 is 15.0 Å². The van der Waals surface area contributed by atoms with Gasteiger partial charge in [-0.15, -0.1) is 0 Å². The molecule has 1 unspecified atom stereocenters. The Morgan fingerprint density at radius 3 is 2.63 bits per heavy atom. The number of nitriles is 1. The van der Waals surface area contributed by atoms with Gasteiger partial charge in [-0.1, -0.05) is 62.7 Å². The van der Waals surface area contributed by atoms with Gasteiger partial charge in [-0.05, 0) is 54.9 Å². The minimum Gasteiger partial charge on any atom is -0.497 e. The Bertz CT molecular complexity index is 1030. The highest BCUT2D eigenvalue weighted by Crippen LogP contribution is 2.37. The highest BCUT2D eigenvalue weighted by molar-refractivity contribution is 5.88. The van der Waals surface area contributed by atoms with Gasteiger partial charge in [0.25, 0.3) is 0 Å². The quantitative estimate of drug-likeness (QED) is 0.465. The molecule has 1 saturated heterocycles. The zero-order valence-corrected chi connectivity index (χ0v) is 21.1. The van der Waals surface area contributed by atoms with Crippen LogP contribution in [-0.4, -0.2) is 36.4 Å². The molecular weight excluding hydrogens is 438 g/mol. The number of nitrogens with zero attached hydrogens (tertiary/aromatic N) is 2.